The Kier molecular flexibility index (Phi) is 3.83. The zero-order chi connectivity index (χ0) is 13.8. The van der Waals surface area contributed by atoms with Crippen molar-refractivity contribution in [3.05, 3.63) is 47.8 Å². The van der Waals surface area contributed by atoms with Crippen LogP contribution in [-0.4, -0.2) is 15.8 Å². The minimum atomic E-state index is -0.289. The van der Waals surface area contributed by atoms with E-state index in [0.29, 0.717) is 11.3 Å². The molecule has 2 N–H and O–H groups in total. The highest BCUT2D eigenvalue weighted by atomic mass is 16.5. The number of ether oxygens (including phenoxy) is 1. The van der Waals surface area contributed by atoms with Crippen molar-refractivity contribution in [2.75, 3.05) is 0 Å². The van der Waals surface area contributed by atoms with Crippen molar-refractivity contribution in [3.8, 4) is 11.8 Å². The lowest BCUT2D eigenvalue weighted by atomic mass is 10.1. The first-order valence-corrected chi connectivity index (χ1v) is 6.01. The molecule has 0 saturated heterocycles. The highest BCUT2D eigenvalue weighted by molar-refractivity contribution is 5.36. The Hall–Kier alpha value is -2.32. The van der Waals surface area contributed by atoms with Crippen molar-refractivity contribution in [1.29, 1.82) is 5.26 Å². The molecule has 0 saturated carbocycles. The molecule has 0 spiro atoms. The molecule has 2 rings (SSSR count). The normalized spacial score (nSPS) is 13.6. The summed E-state index contributed by atoms with van der Waals surface area (Å²) in [6, 6.07) is 8.93. The molecular formula is C14H16N4O. The number of nitrogens with zero attached hydrogens (tertiary/aromatic N) is 3. The van der Waals surface area contributed by atoms with E-state index >= 15 is 0 Å². The van der Waals surface area contributed by atoms with Gasteiger partial charge in [0.25, 0.3) is 0 Å². The van der Waals surface area contributed by atoms with E-state index in [9.17, 15) is 0 Å². The molecule has 98 valence electrons. The van der Waals surface area contributed by atoms with Crippen LogP contribution < -0.4 is 10.5 Å². The Morgan fingerprint density at radius 1 is 1.47 bits per heavy atom. The van der Waals surface area contributed by atoms with Crippen LogP contribution >= 0.6 is 0 Å². The maximum atomic E-state index is 8.88. The molecule has 1 aromatic heterocycles. The average molecular weight is 256 g/mol. The molecule has 2 unspecified atom stereocenters. The van der Waals surface area contributed by atoms with E-state index in [2.05, 4.69) is 11.2 Å². The molecule has 5 heteroatoms. The third-order valence-corrected chi connectivity index (χ3v) is 2.76. The molecule has 2 atom stereocenters. The minimum absolute atomic E-state index is 0.185. The number of aryl methyl sites for hydroxylation is 1. The summed E-state index contributed by atoms with van der Waals surface area (Å²) in [5.41, 5.74) is 7.45. The summed E-state index contributed by atoms with van der Waals surface area (Å²) in [7, 11) is 1.85. The molecule has 1 aromatic carbocycles. The van der Waals surface area contributed by atoms with Crippen LogP contribution in [0.4, 0.5) is 0 Å². The lowest BCUT2D eigenvalue weighted by Crippen LogP contribution is -2.28. The highest BCUT2D eigenvalue weighted by Crippen LogP contribution is 2.24. The number of hydrogen-bond acceptors (Lipinski definition) is 4. The minimum Gasteiger partial charge on any atom is -0.484 e. The fourth-order valence-electron chi connectivity index (χ4n) is 1.85. The van der Waals surface area contributed by atoms with Crippen molar-refractivity contribution in [1.82, 2.24) is 9.78 Å². The Morgan fingerprint density at radius 2 is 2.26 bits per heavy atom. The van der Waals surface area contributed by atoms with Gasteiger partial charge in [0.1, 0.15) is 11.9 Å². The van der Waals surface area contributed by atoms with Gasteiger partial charge in [-0.3, -0.25) is 4.68 Å². The first-order valence-electron chi connectivity index (χ1n) is 6.01. The second kappa shape index (κ2) is 5.55. The molecule has 19 heavy (non-hydrogen) atoms. The zero-order valence-corrected chi connectivity index (χ0v) is 10.9. The number of nitrogens with two attached hydrogens (primary N) is 1. The standard InChI is InChI=1S/C14H16N4O/c1-10(16)14(12-8-17-18(2)9-12)19-13-5-3-4-11(6-13)7-15/h3-6,8-10,14H,16H2,1-2H3. The number of benzene rings is 1. The van der Waals surface area contributed by atoms with E-state index in [1.165, 1.54) is 0 Å². The predicted molar refractivity (Wildman–Crippen MR) is 71.4 cm³/mol. The first-order chi connectivity index (χ1) is 9.10. The third kappa shape index (κ3) is 3.12. The van der Waals surface area contributed by atoms with Crippen molar-refractivity contribution in [2.45, 2.75) is 19.1 Å². The van der Waals surface area contributed by atoms with Crippen LogP contribution in [0.15, 0.2) is 36.7 Å². The van der Waals surface area contributed by atoms with Gasteiger partial charge in [0.05, 0.1) is 17.8 Å². The lowest BCUT2D eigenvalue weighted by Gasteiger charge is -2.21. The number of aromatic nitrogens is 2. The molecule has 5 nitrogen and oxygen atoms in total. The molecule has 2 aromatic rings. The van der Waals surface area contributed by atoms with Gasteiger partial charge in [0.2, 0.25) is 0 Å². The van der Waals surface area contributed by atoms with E-state index in [0.717, 1.165) is 5.56 Å². The van der Waals surface area contributed by atoms with Crippen LogP contribution in [0.1, 0.15) is 24.2 Å². The smallest absolute Gasteiger partial charge is 0.141 e. The van der Waals surface area contributed by atoms with Crippen molar-refractivity contribution in [3.63, 3.8) is 0 Å². The molecule has 1 heterocycles. The van der Waals surface area contributed by atoms with Gasteiger partial charge in [0, 0.05) is 24.8 Å². The van der Waals surface area contributed by atoms with Gasteiger partial charge >= 0.3 is 0 Å². The average Bonchev–Trinajstić information content (AvgIpc) is 2.82. The summed E-state index contributed by atoms with van der Waals surface area (Å²) in [6.07, 6.45) is 3.33. The number of hydrogen-bond donors (Lipinski definition) is 1. The Balaban J connectivity index is 2.24. The maximum absolute atomic E-state index is 8.88. The molecule has 0 fully saturated rings. The second-order valence-electron chi connectivity index (χ2n) is 4.48. The van der Waals surface area contributed by atoms with Crippen molar-refractivity contribution >= 4 is 0 Å². The van der Waals surface area contributed by atoms with Gasteiger partial charge in [0.15, 0.2) is 0 Å². The summed E-state index contributed by atoms with van der Waals surface area (Å²) in [6.45, 7) is 1.88. The fraction of sp³-hybridized carbons (Fsp3) is 0.286. The van der Waals surface area contributed by atoms with Crippen molar-refractivity contribution in [2.24, 2.45) is 12.8 Å². The summed E-state index contributed by atoms with van der Waals surface area (Å²) in [5.74, 6) is 0.630. The summed E-state index contributed by atoms with van der Waals surface area (Å²) in [5, 5.41) is 13.0. The van der Waals surface area contributed by atoms with Gasteiger partial charge in [-0.15, -0.1) is 0 Å². The monoisotopic (exact) mass is 256 g/mol. The fourth-order valence-corrected chi connectivity index (χ4v) is 1.85. The number of nitriles is 1. The van der Waals surface area contributed by atoms with Crippen LogP contribution in [0, 0.1) is 11.3 Å². The van der Waals surface area contributed by atoms with Gasteiger partial charge in [-0.25, -0.2) is 0 Å². The molecule has 0 radical (unpaired) electrons. The highest BCUT2D eigenvalue weighted by Gasteiger charge is 2.20. The quantitative estimate of drug-likeness (QED) is 0.904. The van der Waals surface area contributed by atoms with Crippen LogP contribution in [0.2, 0.25) is 0 Å². The number of rotatable bonds is 4. The molecule has 0 aliphatic heterocycles. The molecule has 0 aliphatic rings. The Morgan fingerprint density at radius 3 is 2.84 bits per heavy atom. The molecule has 0 amide bonds. The van der Waals surface area contributed by atoms with Gasteiger partial charge < -0.3 is 10.5 Å². The van der Waals surface area contributed by atoms with Gasteiger partial charge in [-0.05, 0) is 25.1 Å². The van der Waals surface area contributed by atoms with Crippen LogP contribution in [0.25, 0.3) is 0 Å². The summed E-state index contributed by atoms with van der Waals surface area (Å²) >= 11 is 0. The second-order valence-corrected chi connectivity index (χ2v) is 4.48. The predicted octanol–water partition coefficient (Wildman–Crippen LogP) is 1.76. The third-order valence-electron chi connectivity index (χ3n) is 2.76. The zero-order valence-electron chi connectivity index (χ0n) is 10.9. The Bertz CT molecular complexity index is 597. The van der Waals surface area contributed by atoms with Crippen LogP contribution in [-0.2, 0) is 7.05 Å². The first kappa shape index (κ1) is 13.1. The summed E-state index contributed by atoms with van der Waals surface area (Å²) < 4.78 is 7.60. The van der Waals surface area contributed by atoms with E-state index in [1.54, 1.807) is 29.1 Å². The SMILES string of the molecule is CC(N)C(Oc1cccc(C#N)c1)c1cnn(C)c1. The van der Waals surface area contributed by atoms with E-state index in [1.807, 2.05) is 26.2 Å². The van der Waals surface area contributed by atoms with Crippen LogP contribution in [0.3, 0.4) is 0 Å². The van der Waals surface area contributed by atoms with E-state index < -0.39 is 0 Å². The van der Waals surface area contributed by atoms with E-state index in [4.69, 9.17) is 15.7 Å². The lowest BCUT2D eigenvalue weighted by molar-refractivity contribution is 0.180. The maximum Gasteiger partial charge on any atom is 0.141 e. The van der Waals surface area contributed by atoms with Gasteiger partial charge in [-0.2, -0.15) is 10.4 Å². The molecule has 0 bridgehead atoms. The summed E-state index contributed by atoms with van der Waals surface area (Å²) in [4.78, 5) is 0. The Labute approximate surface area is 112 Å². The van der Waals surface area contributed by atoms with Crippen LogP contribution in [0.5, 0.6) is 5.75 Å². The van der Waals surface area contributed by atoms with Gasteiger partial charge in [-0.1, -0.05) is 6.07 Å². The molecule has 0 aliphatic carbocycles. The topological polar surface area (TPSA) is 76.9 Å². The van der Waals surface area contributed by atoms with Crippen molar-refractivity contribution < 1.29 is 4.74 Å². The van der Waals surface area contributed by atoms with E-state index in [-0.39, 0.29) is 12.1 Å². The molecular weight excluding hydrogens is 240 g/mol. The largest absolute Gasteiger partial charge is 0.484 e.